The van der Waals surface area contributed by atoms with Crippen LogP contribution < -0.4 is 0 Å². The number of nitriles is 1. The van der Waals surface area contributed by atoms with E-state index in [1.54, 1.807) is 0 Å². The molecule has 0 atom stereocenters. The van der Waals surface area contributed by atoms with Crippen molar-refractivity contribution in [2.24, 2.45) is 7.05 Å². The van der Waals surface area contributed by atoms with Gasteiger partial charge in [-0.1, -0.05) is 55.5 Å². The van der Waals surface area contributed by atoms with Crippen LogP contribution in [0.15, 0.2) is 66.3 Å². The van der Waals surface area contributed by atoms with E-state index >= 15 is 0 Å². The van der Waals surface area contributed by atoms with Crippen molar-refractivity contribution in [3.05, 3.63) is 94.6 Å². The van der Waals surface area contributed by atoms with Gasteiger partial charge in [0, 0.05) is 31.1 Å². The number of nitrogens with zero attached hydrogens (tertiary/aromatic N) is 5. The van der Waals surface area contributed by atoms with Crippen molar-refractivity contribution in [2.75, 3.05) is 0 Å². The van der Waals surface area contributed by atoms with E-state index in [4.69, 9.17) is 15.2 Å². The van der Waals surface area contributed by atoms with Crippen LogP contribution in [0.2, 0.25) is 0 Å². The topological polar surface area (TPSA) is 76.5 Å². The molecule has 2 aliphatic carbocycles. The molecule has 0 fully saturated rings. The third-order valence-corrected chi connectivity index (χ3v) is 7.99. The maximum Gasteiger partial charge on any atom is 0.177 e. The highest BCUT2D eigenvalue weighted by molar-refractivity contribution is 6.11. The predicted molar refractivity (Wildman–Crippen MR) is 171 cm³/mol. The van der Waals surface area contributed by atoms with Gasteiger partial charge in [-0.25, -0.2) is 9.97 Å². The van der Waals surface area contributed by atoms with E-state index in [0.717, 1.165) is 67.5 Å². The average Bonchev–Trinajstić information content (AvgIpc) is 3.55. The molecular weight excluding hydrogens is 518 g/mol. The van der Waals surface area contributed by atoms with Gasteiger partial charge in [0.05, 0.1) is 34.9 Å². The molecule has 6 rings (SSSR count). The van der Waals surface area contributed by atoms with Crippen molar-refractivity contribution in [1.29, 1.82) is 5.26 Å². The number of Topliss-reactive ketones (excluding diaryl/α,β-unsaturated/α-hetero) is 1. The molecule has 0 saturated carbocycles. The Balaban J connectivity index is 0.000000181. The molecule has 214 valence electrons. The molecule has 6 heteroatoms. The van der Waals surface area contributed by atoms with Crippen molar-refractivity contribution < 1.29 is 4.79 Å². The molecule has 0 amide bonds. The number of imidazole rings is 2. The van der Waals surface area contributed by atoms with Gasteiger partial charge in [-0.15, -0.1) is 0 Å². The van der Waals surface area contributed by atoms with Crippen molar-refractivity contribution in [3.63, 3.8) is 0 Å². The molecule has 0 radical (unpaired) electrons. The van der Waals surface area contributed by atoms with Crippen LogP contribution in [0.5, 0.6) is 0 Å². The normalized spacial score (nSPS) is 14.0. The van der Waals surface area contributed by atoms with Gasteiger partial charge >= 0.3 is 0 Å². The Morgan fingerprint density at radius 3 is 2.52 bits per heavy atom. The van der Waals surface area contributed by atoms with Gasteiger partial charge in [-0.3, -0.25) is 4.79 Å². The van der Waals surface area contributed by atoms with E-state index in [0.29, 0.717) is 5.57 Å². The number of benzene rings is 2. The second-order valence-corrected chi connectivity index (χ2v) is 10.9. The number of hydrogen-bond donors (Lipinski definition) is 0. The second kappa shape index (κ2) is 13.0. The summed E-state index contributed by atoms with van der Waals surface area (Å²) in [5, 5.41) is 8.61. The summed E-state index contributed by atoms with van der Waals surface area (Å²) in [6.07, 6.45) is 14.5. The summed E-state index contributed by atoms with van der Waals surface area (Å²) in [5.41, 5.74) is 9.96. The maximum absolute atomic E-state index is 11.9. The fourth-order valence-electron chi connectivity index (χ4n) is 5.97. The van der Waals surface area contributed by atoms with Crippen molar-refractivity contribution in [1.82, 2.24) is 19.1 Å². The summed E-state index contributed by atoms with van der Waals surface area (Å²) in [7, 11) is 2.12. The SMILES string of the molecule is CCCc1nc2c(C)cc(-c3nc4c(n3C)C=CCC4)cc2n1CC.N#CCC(=O)C1=CCCC=C1c1ccccc1. The van der Waals surface area contributed by atoms with Crippen LogP contribution in [-0.4, -0.2) is 24.9 Å². The molecule has 0 aliphatic heterocycles. The fourth-order valence-corrected chi connectivity index (χ4v) is 5.97. The number of aryl methyl sites for hydroxylation is 4. The van der Waals surface area contributed by atoms with E-state index in [1.807, 2.05) is 42.5 Å². The Hall–Kier alpha value is -4.50. The first-order chi connectivity index (χ1) is 20.5. The second-order valence-electron chi connectivity index (χ2n) is 10.9. The largest absolute Gasteiger partial charge is 0.328 e. The molecule has 2 heterocycles. The summed E-state index contributed by atoms with van der Waals surface area (Å²) in [5.74, 6) is 2.17. The first-order valence-electron chi connectivity index (χ1n) is 15.0. The highest BCUT2D eigenvalue weighted by Gasteiger charge is 2.19. The first-order valence-corrected chi connectivity index (χ1v) is 15.0. The molecule has 2 aromatic carbocycles. The zero-order valence-corrected chi connectivity index (χ0v) is 25.2. The lowest BCUT2D eigenvalue weighted by Crippen LogP contribution is -2.06. The van der Waals surface area contributed by atoms with Gasteiger partial charge in [0.2, 0.25) is 0 Å². The average molecular weight is 558 g/mol. The number of allylic oxidation sites excluding steroid dienone is 5. The molecule has 0 bridgehead atoms. The van der Waals surface area contributed by atoms with Crippen LogP contribution in [0.3, 0.4) is 0 Å². The van der Waals surface area contributed by atoms with Crippen LogP contribution in [0.1, 0.15) is 74.3 Å². The van der Waals surface area contributed by atoms with Crippen LogP contribution in [-0.2, 0) is 31.2 Å². The molecule has 6 nitrogen and oxygen atoms in total. The Labute approximate surface area is 248 Å². The molecular formula is C36H39N5O. The Morgan fingerprint density at radius 1 is 1.02 bits per heavy atom. The maximum atomic E-state index is 11.9. The Morgan fingerprint density at radius 2 is 1.81 bits per heavy atom. The molecule has 0 N–H and O–H groups in total. The summed E-state index contributed by atoms with van der Waals surface area (Å²) < 4.78 is 4.59. The summed E-state index contributed by atoms with van der Waals surface area (Å²) in [6.45, 7) is 7.53. The molecule has 2 aromatic heterocycles. The lowest BCUT2D eigenvalue weighted by molar-refractivity contribution is -0.114. The Bertz CT molecular complexity index is 1740. The lowest BCUT2D eigenvalue weighted by atomic mass is 9.89. The summed E-state index contributed by atoms with van der Waals surface area (Å²) in [4.78, 5) is 21.7. The molecule has 2 aliphatic rings. The molecule has 0 spiro atoms. The number of rotatable bonds is 7. The number of hydrogen-bond acceptors (Lipinski definition) is 4. The van der Waals surface area contributed by atoms with Gasteiger partial charge in [-0.05, 0) is 80.9 Å². The van der Waals surface area contributed by atoms with E-state index < -0.39 is 0 Å². The molecule has 4 aromatic rings. The van der Waals surface area contributed by atoms with Crippen molar-refractivity contribution >= 4 is 28.5 Å². The van der Waals surface area contributed by atoms with Gasteiger partial charge in [0.15, 0.2) is 5.78 Å². The minimum absolute atomic E-state index is 0.0456. The number of aromatic nitrogens is 4. The van der Waals surface area contributed by atoms with Crippen molar-refractivity contribution in [3.8, 4) is 17.5 Å². The highest BCUT2D eigenvalue weighted by Crippen LogP contribution is 2.31. The van der Waals surface area contributed by atoms with Crippen LogP contribution in [0, 0.1) is 18.3 Å². The lowest BCUT2D eigenvalue weighted by Gasteiger charge is -2.14. The quantitative estimate of drug-likeness (QED) is 0.231. The van der Waals surface area contributed by atoms with Crippen LogP contribution in [0.25, 0.3) is 34.1 Å². The monoisotopic (exact) mass is 557 g/mol. The third kappa shape index (κ3) is 5.78. The minimum Gasteiger partial charge on any atom is -0.328 e. The molecule has 0 unspecified atom stereocenters. The zero-order chi connectivity index (χ0) is 29.6. The first kappa shape index (κ1) is 29.0. The van der Waals surface area contributed by atoms with Gasteiger partial charge in [0.25, 0.3) is 0 Å². The molecule has 0 saturated heterocycles. The summed E-state index contributed by atoms with van der Waals surface area (Å²) >= 11 is 0. The molecule has 42 heavy (non-hydrogen) atoms. The third-order valence-electron chi connectivity index (χ3n) is 7.99. The van der Waals surface area contributed by atoms with Gasteiger partial charge < -0.3 is 9.13 Å². The number of ketones is 1. The fraction of sp³-hybridized carbons (Fsp3) is 0.333. The predicted octanol–water partition coefficient (Wildman–Crippen LogP) is 7.95. The smallest absolute Gasteiger partial charge is 0.177 e. The van der Waals surface area contributed by atoms with E-state index in [2.05, 4.69) is 67.3 Å². The minimum atomic E-state index is -0.0812. The number of carbonyl (C=O) groups is 1. The standard InChI is InChI=1S/C21H26N4.C15H13NO/c1-5-9-19-23-20-14(3)12-15(13-18(20)25(19)6-2)21-22-16-10-7-8-11-17(16)24(21)4;16-11-10-15(17)14-9-5-4-8-13(14)12-6-2-1-3-7-12/h8,11-13H,5-7,9-10H2,1-4H3;1-3,6-9H,4-5,10H2. The van der Waals surface area contributed by atoms with E-state index in [-0.39, 0.29) is 12.2 Å². The Kier molecular flexibility index (Phi) is 8.97. The van der Waals surface area contributed by atoms with E-state index in [1.165, 1.54) is 33.9 Å². The number of fused-ring (bicyclic) bond motifs is 2. The van der Waals surface area contributed by atoms with E-state index in [9.17, 15) is 4.79 Å². The van der Waals surface area contributed by atoms with Gasteiger partial charge in [0.1, 0.15) is 11.6 Å². The number of carbonyl (C=O) groups excluding carboxylic acids is 1. The summed E-state index contributed by atoms with van der Waals surface area (Å²) in [6, 6.07) is 16.3. The van der Waals surface area contributed by atoms with Crippen molar-refractivity contribution in [2.45, 2.75) is 72.3 Å². The van der Waals surface area contributed by atoms with Crippen LogP contribution >= 0.6 is 0 Å². The van der Waals surface area contributed by atoms with Crippen LogP contribution in [0.4, 0.5) is 0 Å². The van der Waals surface area contributed by atoms with Gasteiger partial charge in [-0.2, -0.15) is 5.26 Å². The zero-order valence-electron chi connectivity index (χ0n) is 25.2. The highest BCUT2D eigenvalue weighted by atomic mass is 16.1.